The Morgan fingerprint density at radius 2 is 1.36 bits per heavy atom. The van der Waals surface area contributed by atoms with Gasteiger partial charge in [0.1, 0.15) is 0 Å². The molecule has 0 N–H and O–H groups in total. The minimum atomic E-state index is 1.01. The Morgan fingerprint density at radius 3 is 2.24 bits per heavy atom. The molecular weight excluding hydrogens is 300 g/mol. The van der Waals surface area contributed by atoms with Crippen LogP contribution in [-0.2, 0) is 6.42 Å². The highest BCUT2D eigenvalue weighted by Gasteiger charge is 2.17. The van der Waals surface area contributed by atoms with E-state index in [1.165, 1.54) is 44.2 Å². The lowest BCUT2D eigenvalue weighted by Gasteiger charge is -2.07. The van der Waals surface area contributed by atoms with Crippen LogP contribution in [0.5, 0.6) is 0 Å². The van der Waals surface area contributed by atoms with Crippen LogP contribution in [0.1, 0.15) is 16.7 Å². The van der Waals surface area contributed by atoms with Crippen molar-refractivity contribution in [2.24, 2.45) is 0 Å². The maximum atomic E-state index is 2.38. The minimum absolute atomic E-state index is 1.01. The van der Waals surface area contributed by atoms with Gasteiger partial charge in [0.2, 0.25) is 0 Å². The first-order valence-electron chi connectivity index (χ1n) is 8.75. The van der Waals surface area contributed by atoms with Gasteiger partial charge in [-0.3, -0.25) is 0 Å². The molecule has 0 radical (unpaired) electrons. The second kappa shape index (κ2) is 5.75. The van der Waals surface area contributed by atoms with Gasteiger partial charge in [-0.05, 0) is 62.7 Å². The van der Waals surface area contributed by atoms with Gasteiger partial charge in [0.05, 0.1) is 0 Å². The summed E-state index contributed by atoms with van der Waals surface area (Å²) in [7, 11) is 0. The van der Waals surface area contributed by atoms with Crippen molar-refractivity contribution >= 4 is 22.4 Å². The van der Waals surface area contributed by atoms with Gasteiger partial charge < -0.3 is 0 Å². The lowest BCUT2D eigenvalue weighted by molar-refractivity contribution is 1.32. The molecule has 0 unspecified atom stereocenters. The maximum absolute atomic E-state index is 2.38. The molecule has 0 saturated carbocycles. The zero-order valence-corrected chi connectivity index (χ0v) is 13.9. The molecule has 1 aliphatic carbocycles. The first-order chi connectivity index (χ1) is 12.4. The fourth-order valence-electron chi connectivity index (χ4n) is 3.81. The third-order valence-electron chi connectivity index (χ3n) is 5.10. The van der Waals surface area contributed by atoms with E-state index in [0.29, 0.717) is 0 Å². The largest absolute Gasteiger partial charge is 0.0622 e. The van der Waals surface area contributed by atoms with Crippen LogP contribution in [0, 0.1) is 0 Å². The predicted octanol–water partition coefficient (Wildman–Crippen LogP) is 6.60. The van der Waals surface area contributed by atoms with E-state index in [2.05, 4.69) is 97.1 Å². The molecule has 118 valence electrons. The highest BCUT2D eigenvalue weighted by Crippen LogP contribution is 2.38. The van der Waals surface area contributed by atoms with Crippen molar-refractivity contribution in [2.45, 2.75) is 6.42 Å². The molecule has 0 amide bonds. The normalized spacial score (nSPS) is 12.9. The van der Waals surface area contributed by atoms with Crippen molar-refractivity contribution < 1.29 is 0 Å². The minimum Gasteiger partial charge on any atom is -0.0622 e. The van der Waals surface area contributed by atoms with Crippen molar-refractivity contribution in [2.75, 3.05) is 0 Å². The lowest BCUT2D eigenvalue weighted by Crippen LogP contribution is -1.88. The van der Waals surface area contributed by atoms with Crippen LogP contribution in [0.3, 0.4) is 0 Å². The third kappa shape index (κ3) is 2.47. The van der Waals surface area contributed by atoms with Crippen molar-refractivity contribution in [1.82, 2.24) is 0 Å². The van der Waals surface area contributed by atoms with E-state index >= 15 is 0 Å². The van der Waals surface area contributed by atoms with Gasteiger partial charge in [-0.2, -0.15) is 0 Å². The second-order valence-electron chi connectivity index (χ2n) is 6.65. The van der Waals surface area contributed by atoms with Gasteiger partial charge >= 0.3 is 0 Å². The molecule has 0 aromatic heterocycles. The topological polar surface area (TPSA) is 0 Å². The molecule has 5 rings (SSSR count). The van der Waals surface area contributed by atoms with Crippen LogP contribution in [0.4, 0.5) is 0 Å². The molecule has 0 spiro atoms. The van der Waals surface area contributed by atoms with Gasteiger partial charge in [-0.1, -0.05) is 84.9 Å². The Labute approximate surface area is 148 Å². The Bertz CT molecular complexity index is 1100. The zero-order chi connectivity index (χ0) is 16.6. The summed E-state index contributed by atoms with van der Waals surface area (Å²) in [6.45, 7) is 0. The highest BCUT2D eigenvalue weighted by atomic mass is 14.2. The van der Waals surface area contributed by atoms with E-state index in [9.17, 15) is 0 Å². The molecule has 0 fully saturated rings. The smallest absolute Gasteiger partial charge is 0.00134 e. The first-order valence-corrected chi connectivity index (χ1v) is 8.75. The van der Waals surface area contributed by atoms with E-state index < -0.39 is 0 Å². The average Bonchev–Trinajstić information content (AvgIpc) is 3.12. The summed E-state index contributed by atoms with van der Waals surface area (Å²) in [4.78, 5) is 0. The molecule has 0 nitrogen and oxygen atoms in total. The third-order valence-corrected chi connectivity index (χ3v) is 5.10. The Kier molecular flexibility index (Phi) is 3.28. The number of benzene rings is 4. The molecular formula is C25H18. The molecule has 1 aliphatic rings. The van der Waals surface area contributed by atoms with Gasteiger partial charge in [0.25, 0.3) is 0 Å². The number of rotatable bonds is 2. The molecule has 0 heterocycles. The summed E-state index contributed by atoms with van der Waals surface area (Å²) in [6.07, 6.45) is 3.39. The number of hydrogen-bond donors (Lipinski definition) is 0. The molecule has 4 aromatic rings. The van der Waals surface area contributed by atoms with Crippen LogP contribution in [0.2, 0.25) is 0 Å². The summed E-state index contributed by atoms with van der Waals surface area (Å²) in [5.74, 6) is 0. The van der Waals surface area contributed by atoms with Crippen LogP contribution in [-0.4, -0.2) is 0 Å². The number of allylic oxidation sites excluding steroid dienone is 1. The van der Waals surface area contributed by atoms with Crippen molar-refractivity contribution in [3.63, 3.8) is 0 Å². The van der Waals surface area contributed by atoms with Gasteiger partial charge in [0, 0.05) is 0 Å². The molecule has 0 aliphatic heterocycles. The summed E-state index contributed by atoms with van der Waals surface area (Å²) >= 11 is 0. The van der Waals surface area contributed by atoms with Crippen LogP contribution >= 0.6 is 0 Å². The summed E-state index contributed by atoms with van der Waals surface area (Å²) in [6, 6.07) is 32.7. The van der Waals surface area contributed by atoms with E-state index in [0.717, 1.165) is 6.42 Å². The Morgan fingerprint density at radius 1 is 0.560 bits per heavy atom. The van der Waals surface area contributed by atoms with Crippen LogP contribution in [0.25, 0.3) is 33.5 Å². The van der Waals surface area contributed by atoms with Gasteiger partial charge in [-0.15, -0.1) is 0 Å². The fraction of sp³-hybridized carbons (Fsp3) is 0.0400. The molecule has 0 heteroatoms. The monoisotopic (exact) mass is 318 g/mol. The fourth-order valence-corrected chi connectivity index (χ4v) is 3.81. The lowest BCUT2D eigenvalue weighted by atomic mass is 9.97. The van der Waals surface area contributed by atoms with Crippen molar-refractivity contribution in [3.8, 4) is 11.1 Å². The van der Waals surface area contributed by atoms with E-state index in [1.54, 1.807) is 0 Å². The second-order valence-corrected chi connectivity index (χ2v) is 6.65. The van der Waals surface area contributed by atoms with Crippen molar-refractivity contribution in [1.29, 1.82) is 0 Å². The maximum Gasteiger partial charge on any atom is -0.00134 e. The SMILES string of the molecule is C1=C(c2ccc3ccccc3c2)Cc2cccc(-c3ccccc3)c21. The molecule has 0 atom stereocenters. The predicted molar refractivity (Wildman–Crippen MR) is 107 cm³/mol. The number of hydrogen-bond acceptors (Lipinski definition) is 0. The molecule has 0 saturated heterocycles. The Hall–Kier alpha value is -3.12. The van der Waals surface area contributed by atoms with Crippen molar-refractivity contribution in [3.05, 3.63) is 108 Å². The van der Waals surface area contributed by atoms with E-state index in [-0.39, 0.29) is 0 Å². The van der Waals surface area contributed by atoms with E-state index in [4.69, 9.17) is 0 Å². The average molecular weight is 318 g/mol. The molecule has 4 aromatic carbocycles. The zero-order valence-electron chi connectivity index (χ0n) is 13.9. The van der Waals surface area contributed by atoms with Crippen LogP contribution in [0.15, 0.2) is 91.0 Å². The Balaban J connectivity index is 1.62. The molecule has 0 bridgehead atoms. The summed E-state index contributed by atoms with van der Waals surface area (Å²) < 4.78 is 0. The van der Waals surface area contributed by atoms with Crippen LogP contribution < -0.4 is 0 Å². The molecule has 25 heavy (non-hydrogen) atoms. The quantitative estimate of drug-likeness (QED) is 0.390. The van der Waals surface area contributed by atoms with Gasteiger partial charge in [-0.25, -0.2) is 0 Å². The number of fused-ring (bicyclic) bond motifs is 2. The summed E-state index contributed by atoms with van der Waals surface area (Å²) in [5, 5.41) is 2.60. The highest BCUT2D eigenvalue weighted by molar-refractivity contribution is 5.96. The first kappa shape index (κ1) is 14.2. The van der Waals surface area contributed by atoms with E-state index in [1.807, 2.05) is 0 Å². The summed E-state index contributed by atoms with van der Waals surface area (Å²) in [5.41, 5.74) is 8.14. The van der Waals surface area contributed by atoms with Gasteiger partial charge in [0.15, 0.2) is 0 Å². The standard InChI is InChI=1S/C25H18/c1-2-8-19(9-3-1)24-12-6-11-22-16-23(17-25(22)24)21-14-13-18-7-4-5-10-20(18)15-21/h1-15,17H,16H2.